The molecule has 11 nitrogen and oxygen atoms in total. The van der Waals surface area contributed by atoms with E-state index in [1.54, 1.807) is 35.8 Å². The quantitative estimate of drug-likeness (QED) is 0.342. The number of carbonyl (C=O) groups excluding carboxylic acids is 4. The first kappa shape index (κ1) is 36.2. The summed E-state index contributed by atoms with van der Waals surface area (Å²) in [5, 5.41) is 2.77. The predicted octanol–water partition coefficient (Wildman–Crippen LogP) is 6.10. The number of hydrogen-bond acceptors (Lipinski definition) is 6. The van der Waals surface area contributed by atoms with E-state index in [2.05, 4.69) is 10.2 Å². The summed E-state index contributed by atoms with van der Waals surface area (Å²) in [6, 6.07) is 6.56. The second-order valence-electron chi connectivity index (χ2n) is 13.7. The van der Waals surface area contributed by atoms with Crippen molar-refractivity contribution in [3.05, 3.63) is 64.3 Å². The fourth-order valence-electron chi connectivity index (χ4n) is 6.23. The van der Waals surface area contributed by atoms with Crippen LogP contribution in [0.3, 0.4) is 0 Å². The third kappa shape index (κ3) is 7.56. The Balaban J connectivity index is 1.74. The molecule has 1 fully saturated rings. The lowest BCUT2D eigenvalue weighted by Gasteiger charge is -2.43. The van der Waals surface area contributed by atoms with Crippen molar-refractivity contribution in [1.82, 2.24) is 15.1 Å². The van der Waals surface area contributed by atoms with Gasteiger partial charge in [0.1, 0.15) is 17.2 Å². The highest BCUT2D eigenvalue weighted by Gasteiger charge is 2.48. The Bertz CT molecular complexity index is 1630. The first-order valence-corrected chi connectivity index (χ1v) is 16.4. The van der Waals surface area contributed by atoms with Crippen molar-refractivity contribution in [3.63, 3.8) is 0 Å². The maximum atomic E-state index is 15.3. The number of nitrogens with one attached hydrogen (secondary N) is 1. The van der Waals surface area contributed by atoms with Gasteiger partial charge in [-0.15, -0.1) is 0 Å². The van der Waals surface area contributed by atoms with E-state index in [4.69, 9.17) is 16.0 Å². The minimum Gasteiger partial charge on any atom is -0.471 e. The maximum Gasteiger partial charge on any atom is 0.410 e. The Labute approximate surface area is 282 Å². The molecule has 0 aliphatic carbocycles. The van der Waals surface area contributed by atoms with Gasteiger partial charge < -0.3 is 29.5 Å². The first-order chi connectivity index (χ1) is 22.5. The van der Waals surface area contributed by atoms with Gasteiger partial charge in [-0.1, -0.05) is 13.0 Å². The molecule has 2 aliphatic heterocycles. The third-order valence-corrected chi connectivity index (χ3v) is 8.60. The summed E-state index contributed by atoms with van der Waals surface area (Å²) in [6.07, 6.45) is 1.24. The van der Waals surface area contributed by atoms with E-state index in [0.717, 1.165) is 6.07 Å². The highest BCUT2D eigenvalue weighted by Crippen LogP contribution is 2.45. The van der Waals surface area contributed by atoms with E-state index < -0.39 is 29.0 Å². The van der Waals surface area contributed by atoms with Crippen LogP contribution in [-0.2, 0) is 19.9 Å². The van der Waals surface area contributed by atoms with Gasteiger partial charge in [-0.25, -0.2) is 14.0 Å². The summed E-state index contributed by atoms with van der Waals surface area (Å²) >= 11 is 0. The third-order valence-electron chi connectivity index (χ3n) is 8.60. The number of hydrogen-bond donors (Lipinski definition) is 1. The van der Waals surface area contributed by atoms with Gasteiger partial charge in [0.05, 0.1) is 18.3 Å². The number of nitrogens with zero attached hydrogens (tertiary/aromatic N) is 4. The SMILES string of the molecule is [C-]#[N+]c1ccc(F)c(C2(C)Oc3cc(C)c(C(=O)N(C(C)C)[C@@H]4CCCN(C(=O)OC(C)(C)C)C4)cc3N(CCNC(=O)CC)C2=O)c1. The zero-order chi connectivity index (χ0) is 35.6. The molecule has 2 aliphatic rings. The molecule has 0 aromatic heterocycles. The summed E-state index contributed by atoms with van der Waals surface area (Å²) in [7, 11) is 0. The number of ether oxygens (including phenoxy) is 2. The average Bonchev–Trinajstić information content (AvgIpc) is 3.02. The molecule has 2 aromatic rings. The number of fused-ring (bicyclic) bond motifs is 1. The van der Waals surface area contributed by atoms with Gasteiger partial charge in [0, 0.05) is 49.8 Å². The molecule has 1 unspecified atom stereocenters. The van der Waals surface area contributed by atoms with Gasteiger partial charge >= 0.3 is 6.09 Å². The van der Waals surface area contributed by atoms with Gasteiger partial charge in [0.2, 0.25) is 11.5 Å². The van der Waals surface area contributed by atoms with Gasteiger partial charge in [-0.3, -0.25) is 14.4 Å². The summed E-state index contributed by atoms with van der Waals surface area (Å²) in [5.74, 6) is -1.52. The fraction of sp³-hybridized carbons (Fsp3) is 0.528. The van der Waals surface area contributed by atoms with Crippen LogP contribution in [0.5, 0.6) is 5.75 Å². The van der Waals surface area contributed by atoms with Crippen LogP contribution in [0.1, 0.15) is 89.2 Å². The van der Waals surface area contributed by atoms with Crippen LogP contribution in [0.2, 0.25) is 0 Å². The van der Waals surface area contributed by atoms with Crippen molar-refractivity contribution in [2.75, 3.05) is 31.1 Å². The second kappa shape index (κ2) is 14.2. The van der Waals surface area contributed by atoms with Crippen molar-refractivity contribution in [1.29, 1.82) is 0 Å². The molecule has 2 heterocycles. The lowest BCUT2D eigenvalue weighted by Crippen LogP contribution is -2.55. The Morgan fingerprint density at radius 3 is 2.56 bits per heavy atom. The van der Waals surface area contributed by atoms with Gasteiger partial charge in [-0.2, -0.15) is 0 Å². The molecule has 2 atom stereocenters. The summed E-state index contributed by atoms with van der Waals surface area (Å²) in [5.41, 5.74) is -1.19. The van der Waals surface area contributed by atoms with E-state index in [9.17, 15) is 19.2 Å². The topological polar surface area (TPSA) is 113 Å². The molecule has 4 rings (SSSR count). The number of carbonyl (C=O) groups is 4. The Hall–Kier alpha value is -4.66. The molecule has 1 saturated heterocycles. The number of benzene rings is 2. The zero-order valence-electron chi connectivity index (χ0n) is 29.1. The van der Waals surface area contributed by atoms with E-state index in [1.807, 2.05) is 34.6 Å². The van der Waals surface area contributed by atoms with Crippen LogP contribution < -0.4 is 15.0 Å². The number of aryl methyl sites for hydroxylation is 1. The summed E-state index contributed by atoms with van der Waals surface area (Å²) in [6.45, 7) is 22.6. The number of anilines is 1. The van der Waals surface area contributed by atoms with Crippen LogP contribution in [-0.4, -0.2) is 77.5 Å². The Morgan fingerprint density at radius 1 is 1.23 bits per heavy atom. The summed E-state index contributed by atoms with van der Waals surface area (Å²) in [4.78, 5) is 61.9. The number of likely N-dealkylation sites (tertiary alicyclic amines) is 1. The van der Waals surface area contributed by atoms with E-state index in [-0.39, 0.29) is 60.4 Å². The molecule has 0 saturated carbocycles. The van der Waals surface area contributed by atoms with Crippen LogP contribution in [0.15, 0.2) is 30.3 Å². The number of amides is 4. The monoisotopic (exact) mass is 663 g/mol. The molecule has 1 N–H and O–H groups in total. The highest BCUT2D eigenvalue weighted by atomic mass is 19.1. The standard InChI is InChI=1S/C36H46FN5O6/c1-10-31(43)39-15-17-41-29-20-26(32(44)42(22(2)3)25-12-11-16-40(21-25)34(46)48-35(5,6)7)23(4)18-30(29)47-36(8,33(41)45)27-19-24(38-9)13-14-28(27)37/h13-14,18-20,22,25H,10-12,15-17,21H2,1-8H3,(H,39,43)/t25-,36?/m1/s1. The second-order valence-corrected chi connectivity index (χ2v) is 13.7. The van der Waals surface area contributed by atoms with Gasteiger partial charge in [-0.05, 0) is 91.1 Å². The molecular formula is C36H46FN5O6. The van der Waals surface area contributed by atoms with Crippen molar-refractivity contribution >= 4 is 35.2 Å². The zero-order valence-corrected chi connectivity index (χ0v) is 29.1. The average molecular weight is 664 g/mol. The lowest BCUT2D eigenvalue weighted by molar-refractivity contribution is -0.135. The molecule has 48 heavy (non-hydrogen) atoms. The summed E-state index contributed by atoms with van der Waals surface area (Å²) < 4.78 is 27.2. The first-order valence-electron chi connectivity index (χ1n) is 16.4. The lowest BCUT2D eigenvalue weighted by atomic mass is 9.90. The highest BCUT2D eigenvalue weighted by molar-refractivity contribution is 6.05. The number of rotatable bonds is 8. The largest absolute Gasteiger partial charge is 0.471 e. The number of halogens is 1. The van der Waals surface area contributed by atoms with Crippen LogP contribution in [0, 0.1) is 19.3 Å². The predicted molar refractivity (Wildman–Crippen MR) is 180 cm³/mol. The Kier molecular flexibility index (Phi) is 10.7. The van der Waals surface area contributed by atoms with Crippen LogP contribution >= 0.6 is 0 Å². The Morgan fingerprint density at radius 2 is 1.94 bits per heavy atom. The van der Waals surface area contributed by atoms with E-state index >= 15 is 4.39 Å². The molecule has 0 radical (unpaired) electrons. The van der Waals surface area contributed by atoms with Gasteiger partial charge in [0.25, 0.3) is 11.8 Å². The van der Waals surface area contributed by atoms with E-state index in [0.29, 0.717) is 42.7 Å². The van der Waals surface area contributed by atoms with Crippen LogP contribution in [0.4, 0.5) is 20.6 Å². The minimum atomic E-state index is -1.83. The minimum absolute atomic E-state index is 0.0265. The normalized spacial score (nSPS) is 19.3. The fourth-order valence-corrected chi connectivity index (χ4v) is 6.23. The van der Waals surface area contributed by atoms with Crippen molar-refractivity contribution in [2.45, 2.75) is 97.9 Å². The molecule has 12 heteroatoms. The number of piperidine rings is 1. The smallest absolute Gasteiger partial charge is 0.410 e. The molecule has 2 aromatic carbocycles. The van der Waals surface area contributed by atoms with Crippen LogP contribution in [0.25, 0.3) is 4.85 Å². The molecule has 258 valence electrons. The molecular weight excluding hydrogens is 617 g/mol. The van der Waals surface area contributed by atoms with Crippen molar-refractivity contribution < 1.29 is 33.0 Å². The molecule has 0 spiro atoms. The maximum absolute atomic E-state index is 15.3. The molecule has 4 amide bonds. The van der Waals surface area contributed by atoms with Gasteiger partial charge in [0.15, 0.2) is 5.69 Å². The molecule has 0 bridgehead atoms. The van der Waals surface area contributed by atoms with Crippen molar-refractivity contribution in [2.24, 2.45) is 0 Å². The van der Waals surface area contributed by atoms with Crippen molar-refractivity contribution in [3.8, 4) is 5.75 Å². The van der Waals surface area contributed by atoms with E-state index in [1.165, 1.54) is 24.0 Å².